The molecule has 2 aromatic heterocycles. The maximum Gasteiger partial charge on any atom is 0.264 e. The smallest absolute Gasteiger partial charge is 0.264 e. The van der Waals surface area contributed by atoms with Crippen LogP contribution in [0, 0.1) is 6.92 Å². The van der Waals surface area contributed by atoms with Crippen LogP contribution in [0.5, 0.6) is 0 Å². The number of likely N-dealkylation sites (tertiary alicyclic amines) is 1. The molecule has 0 spiro atoms. The van der Waals surface area contributed by atoms with Crippen molar-refractivity contribution in [2.45, 2.75) is 19.8 Å². The molecule has 2 saturated heterocycles. The van der Waals surface area contributed by atoms with Crippen LogP contribution in [0.4, 0.5) is 5.82 Å². The summed E-state index contributed by atoms with van der Waals surface area (Å²) in [5.41, 5.74) is 0.997. The Labute approximate surface area is 157 Å². The molecule has 7 nitrogen and oxygen atoms in total. The van der Waals surface area contributed by atoms with Gasteiger partial charge >= 0.3 is 0 Å². The zero-order valence-electron chi connectivity index (χ0n) is 15.2. The molecule has 8 heteroatoms. The maximum absolute atomic E-state index is 12.8. The minimum absolute atomic E-state index is 0.141. The summed E-state index contributed by atoms with van der Waals surface area (Å²) in [5.74, 6) is 0.972. The number of aromatic nitrogens is 2. The lowest BCUT2D eigenvalue weighted by Gasteiger charge is -2.26. The van der Waals surface area contributed by atoms with E-state index in [1.807, 2.05) is 11.8 Å². The van der Waals surface area contributed by atoms with Crippen molar-refractivity contribution in [3.63, 3.8) is 0 Å². The van der Waals surface area contributed by atoms with Crippen LogP contribution in [0.1, 0.15) is 28.1 Å². The van der Waals surface area contributed by atoms with Gasteiger partial charge in [-0.15, -0.1) is 11.3 Å². The van der Waals surface area contributed by atoms with Gasteiger partial charge < -0.3 is 15.0 Å². The fraction of sp³-hybridized carbons (Fsp3) is 0.611. The number of carbonyl (C=O) groups is 1. The number of aryl methyl sites for hydroxylation is 1. The number of carbonyl (C=O) groups excluding carboxylic acids is 1. The molecule has 4 heterocycles. The third-order valence-corrected chi connectivity index (χ3v) is 6.33. The highest BCUT2D eigenvalue weighted by atomic mass is 32.1. The van der Waals surface area contributed by atoms with E-state index in [0.29, 0.717) is 0 Å². The van der Waals surface area contributed by atoms with E-state index in [1.54, 1.807) is 6.33 Å². The molecule has 2 aliphatic rings. The summed E-state index contributed by atoms with van der Waals surface area (Å²) in [6.45, 7) is 9.09. The topological polar surface area (TPSA) is 70.6 Å². The SMILES string of the molecule is Cc1c(C(=O)N2CCCC2)sc2ncnc(NCCN3CCOCC3)c12. The van der Waals surface area contributed by atoms with Gasteiger partial charge in [0.25, 0.3) is 5.91 Å². The van der Waals surface area contributed by atoms with Crippen molar-refractivity contribution in [3.05, 3.63) is 16.8 Å². The Balaban J connectivity index is 1.51. The summed E-state index contributed by atoms with van der Waals surface area (Å²) in [6, 6.07) is 0. The molecule has 0 radical (unpaired) electrons. The number of anilines is 1. The fourth-order valence-corrected chi connectivity index (χ4v) is 4.75. The molecule has 0 aromatic carbocycles. The Kier molecular flexibility index (Phi) is 5.33. The van der Waals surface area contributed by atoms with E-state index in [-0.39, 0.29) is 5.91 Å². The van der Waals surface area contributed by atoms with Gasteiger partial charge in [-0.2, -0.15) is 0 Å². The van der Waals surface area contributed by atoms with Crippen LogP contribution in [0.2, 0.25) is 0 Å². The number of fused-ring (bicyclic) bond motifs is 1. The highest BCUT2D eigenvalue weighted by Gasteiger charge is 2.25. The van der Waals surface area contributed by atoms with E-state index in [2.05, 4.69) is 20.2 Å². The highest BCUT2D eigenvalue weighted by Crippen LogP contribution is 2.34. The predicted molar refractivity (Wildman–Crippen MR) is 103 cm³/mol. The lowest BCUT2D eigenvalue weighted by molar-refractivity contribution is 0.0398. The number of ether oxygens (including phenoxy) is 1. The fourth-order valence-electron chi connectivity index (χ4n) is 3.63. The first-order valence-electron chi connectivity index (χ1n) is 9.31. The highest BCUT2D eigenvalue weighted by molar-refractivity contribution is 7.20. The van der Waals surface area contributed by atoms with E-state index in [1.165, 1.54) is 11.3 Å². The third-order valence-electron chi connectivity index (χ3n) is 5.14. The standard InChI is InChI=1S/C18H25N5O2S/c1-13-14-16(19-4-7-22-8-10-25-11-9-22)20-12-21-17(14)26-15(13)18(24)23-5-2-3-6-23/h12H,2-11H2,1H3,(H,19,20,21). The van der Waals surface area contributed by atoms with E-state index >= 15 is 0 Å². The van der Waals surface area contributed by atoms with Gasteiger partial charge in [0.2, 0.25) is 0 Å². The molecule has 2 aliphatic heterocycles. The van der Waals surface area contributed by atoms with Crippen LogP contribution >= 0.6 is 11.3 Å². The molecule has 1 amide bonds. The van der Waals surface area contributed by atoms with Gasteiger partial charge in [-0.3, -0.25) is 9.69 Å². The molecule has 0 unspecified atom stereocenters. The van der Waals surface area contributed by atoms with Gasteiger partial charge in [-0.25, -0.2) is 9.97 Å². The second-order valence-corrected chi connectivity index (χ2v) is 7.84. The van der Waals surface area contributed by atoms with Crippen LogP contribution < -0.4 is 5.32 Å². The number of morpholine rings is 1. The summed E-state index contributed by atoms with van der Waals surface area (Å²) in [4.78, 5) is 27.7. The predicted octanol–water partition coefficient (Wildman–Crippen LogP) is 1.98. The normalized spacial score (nSPS) is 18.6. The summed E-state index contributed by atoms with van der Waals surface area (Å²) < 4.78 is 5.39. The summed E-state index contributed by atoms with van der Waals surface area (Å²) in [6.07, 6.45) is 3.78. The Morgan fingerprint density at radius 2 is 2.00 bits per heavy atom. The monoisotopic (exact) mass is 375 g/mol. The number of hydrogen-bond donors (Lipinski definition) is 1. The first kappa shape index (κ1) is 17.6. The van der Waals surface area contributed by atoms with Gasteiger partial charge in [-0.1, -0.05) is 0 Å². The molecule has 0 saturated carbocycles. The minimum atomic E-state index is 0.141. The number of nitrogens with zero attached hydrogens (tertiary/aromatic N) is 4. The van der Waals surface area contributed by atoms with E-state index in [0.717, 1.165) is 91.8 Å². The average molecular weight is 375 g/mol. The molecule has 0 aliphatic carbocycles. The lowest BCUT2D eigenvalue weighted by Crippen LogP contribution is -2.39. The summed E-state index contributed by atoms with van der Waals surface area (Å²) in [5, 5.41) is 4.43. The largest absolute Gasteiger partial charge is 0.379 e. The Hall–Kier alpha value is -1.77. The first-order chi connectivity index (χ1) is 12.7. The van der Waals surface area contributed by atoms with Crippen LogP contribution in [0.15, 0.2) is 6.33 Å². The number of thiophene rings is 1. The van der Waals surface area contributed by atoms with Crippen molar-refractivity contribution in [3.8, 4) is 0 Å². The molecule has 4 rings (SSSR count). The van der Waals surface area contributed by atoms with Crippen LogP contribution in [0.25, 0.3) is 10.2 Å². The van der Waals surface area contributed by atoms with Gasteiger partial charge in [0.05, 0.1) is 23.5 Å². The van der Waals surface area contributed by atoms with Crippen molar-refractivity contribution < 1.29 is 9.53 Å². The zero-order valence-corrected chi connectivity index (χ0v) is 16.0. The first-order valence-corrected chi connectivity index (χ1v) is 10.1. The maximum atomic E-state index is 12.8. The van der Waals surface area contributed by atoms with E-state index in [9.17, 15) is 4.79 Å². The Morgan fingerprint density at radius 3 is 2.77 bits per heavy atom. The molecule has 26 heavy (non-hydrogen) atoms. The second-order valence-electron chi connectivity index (χ2n) is 6.84. The molecular formula is C18H25N5O2S. The van der Waals surface area contributed by atoms with Crippen LogP contribution in [0.3, 0.4) is 0 Å². The molecule has 1 N–H and O–H groups in total. The minimum Gasteiger partial charge on any atom is -0.379 e. The van der Waals surface area contributed by atoms with Crippen molar-refractivity contribution in [2.75, 3.05) is 57.8 Å². The Bertz CT molecular complexity index is 781. The number of hydrogen-bond acceptors (Lipinski definition) is 7. The van der Waals surface area contributed by atoms with Crippen LogP contribution in [-0.2, 0) is 4.74 Å². The van der Waals surface area contributed by atoms with Gasteiger partial charge in [0, 0.05) is 39.3 Å². The number of amides is 1. The molecule has 2 fully saturated rings. The zero-order chi connectivity index (χ0) is 17.9. The molecule has 2 aromatic rings. The Morgan fingerprint density at radius 1 is 1.23 bits per heavy atom. The van der Waals surface area contributed by atoms with Crippen LogP contribution in [-0.4, -0.2) is 78.2 Å². The van der Waals surface area contributed by atoms with Gasteiger partial charge in [0.1, 0.15) is 17.0 Å². The van der Waals surface area contributed by atoms with E-state index in [4.69, 9.17) is 4.74 Å². The van der Waals surface area contributed by atoms with Gasteiger partial charge in [-0.05, 0) is 25.3 Å². The van der Waals surface area contributed by atoms with Crippen molar-refractivity contribution in [1.29, 1.82) is 0 Å². The van der Waals surface area contributed by atoms with Gasteiger partial charge in [0.15, 0.2) is 0 Å². The number of rotatable bonds is 5. The van der Waals surface area contributed by atoms with Crippen molar-refractivity contribution in [2.24, 2.45) is 0 Å². The summed E-state index contributed by atoms with van der Waals surface area (Å²) >= 11 is 1.49. The molecule has 140 valence electrons. The summed E-state index contributed by atoms with van der Waals surface area (Å²) in [7, 11) is 0. The third kappa shape index (κ3) is 3.54. The molecule has 0 bridgehead atoms. The van der Waals surface area contributed by atoms with Crippen molar-refractivity contribution in [1.82, 2.24) is 19.8 Å². The lowest BCUT2D eigenvalue weighted by atomic mass is 10.2. The quantitative estimate of drug-likeness (QED) is 0.862. The van der Waals surface area contributed by atoms with Crippen molar-refractivity contribution >= 4 is 33.3 Å². The second kappa shape index (κ2) is 7.85. The molecule has 0 atom stereocenters. The molecular weight excluding hydrogens is 350 g/mol. The average Bonchev–Trinajstić information content (AvgIpc) is 3.31. The number of nitrogens with one attached hydrogen (secondary N) is 1. The van der Waals surface area contributed by atoms with E-state index < -0.39 is 0 Å².